The van der Waals surface area contributed by atoms with E-state index in [4.69, 9.17) is 5.73 Å². The number of nitrogens with one attached hydrogen (secondary N) is 1. The summed E-state index contributed by atoms with van der Waals surface area (Å²) in [5.41, 5.74) is 10.9. The van der Waals surface area contributed by atoms with Crippen LogP contribution in [0.15, 0.2) is 48.5 Å². The van der Waals surface area contributed by atoms with Crippen molar-refractivity contribution in [1.29, 1.82) is 0 Å². The fraction of sp³-hybridized carbons (Fsp3) is 0.350. The van der Waals surface area contributed by atoms with Crippen LogP contribution in [0.3, 0.4) is 0 Å². The Kier molecular flexibility index (Phi) is 5.94. The maximum atomic E-state index is 12.3. The third kappa shape index (κ3) is 5.22. The van der Waals surface area contributed by atoms with Gasteiger partial charge in [-0.15, -0.1) is 0 Å². The highest BCUT2D eigenvalue weighted by Crippen LogP contribution is 2.12. The highest BCUT2D eigenvalue weighted by molar-refractivity contribution is 5.82. The maximum Gasteiger partial charge on any atom is 0.237 e. The van der Waals surface area contributed by atoms with Gasteiger partial charge in [-0.2, -0.15) is 0 Å². The van der Waals surface area contributed by atoms with Gasteiger partial charge in [-0.1, -0.05) is 54.1 Å². The summed E-state index contributed by atoms with van der Waals surface area (Å²) in [6.45, 7) is 6.22. The Morgan fingerprint density at radius 1 is 1.09 bits per heavy atom. The minimum atomic E-state index is -0.515. The molecule has 0 bridgehead atoms. The van der Waals surface area contributed by atoms with Gasteiger partial charge in [0.15, 0.2) is 0 Å². The van der Waals surface area contributed by atoms with Crippen LogP contribution in [0.4, 0.5) is 0 Å². The average molecular weight is 310 g/mol. The molecule has 0 heterocycles. The fourth-order valence-corrected chi connectivity index (χ4v) is 2.77. The molecular formula is C20H26N2O. The number of carbonyl (C=O) groups excluding carboxylic acids is 1. The average Bonchev–Trinajstić information content (AvgIpc) is 2.51. The van der Waals surface area contributed by atoms with E-state index in [-0.39, 0.29) is 11.9 Å². The second kappa shape index (κ2) is 7.93. The van der Waals surface area contributed by atoms with Crippen LogP contribution >= 0.6 is 0 Å². The predicted molar refractivity (Wildman–Crippen MR) is 95.3 cm³/mol. The van der Waals surface area contributed by atoms with Gasteiger partial charge in [0.2, 0.25) is 5.91 Å². The van der Waals surface area contributed by atoms with Crippen LogP contribution < -0.4 is 11.1 Å². The fourth-order valence-electron chi connectivity index (χ4n) is 2.77. The van der Waals surface area contributed by atoms with Crippen LogP contribution in [0.5, 0.6) is 0 Å². The Morgan fingerprint density at radius 2 is 1.78 bits per heavy atom. The second-order valence-corrected chi connectivity index (χ2v) is 6.34. The van der Waals surface area contributed by atoms with Gasteiger partial charge in [-0.05, 0) is 50.3 Å². The van der Waals surface area contributed by atoms with Gasteiger partial charge in [-0.3, -0.25) is 4.79 Å². The molecule has 2 aromatic carbocycles. The third-order valence-corrected chi connectivity index (χ3v) is 4.05. The van der Waals surface area contributed by atoms with E-state index >= 15 is 0 Å². The zero-order valence-corrected chi connectivity index (χ0v) is 14.2. The van der Waals surface area contributed by atoms with E-state index in [2.05, 4.69) is 37.4 Å². The van der Waals surface area contributed by atoms with Crippen molar-refractivity contribution in [3.63, 3.8) is 0 Å². The molecule has 0 aliphatic carbocycles. The summed E-state index contributed by atoms with van der Waals surface area (Å²) >= 11 is 0. The van der Waals surface area contributed by atoms with Gasteiger partial charge in [0.1, 0.15) is 0 Å². The summed E-state index contributed by atoms with van der Waals surface area (Å²) in [4.78, 5) is 12.3. The van der Waals surface area contributed by atoms with Gasteiger partial charge < -0.3 is 11.1 Å². The van der Waals surface area contributed by atoms with Gasteiger partial charge >= 0.3 is 0 Å². The Bertz CT molecular complexity index is 652. The highest BCUT2D eigenvalue weighted by Gasteiger charge is 2.16. The largest absolute Gasteiger partial charge is 0.352 e. The summed E-state index contributed by atoms with van der Waals surface area (Å²) in [5, 5.41) is 3.03. The van der Waals surface area contributed by atoms with Gasteiger partial charge in [0.25, 0.3) is 0 Å². The minimum Gasteiger partial charge on any atom is -0.352 e. The molecule has 0 aliphatic heterocycles. The van der Waals surface area contributed by atoms with Crippen molar-refractivity contribution in [2.24, 2.45) is 5.73 Å². The lowest BCUT2D eigenvalue weighted by atomic mass is 9.99. The van der Waals surface area contributed by atoms with Crippen LogP contribution in [0.1, 0.15) is 29.2 Å². The zero-order chi connectivity index (χ0) is 16.8. The number of nitrogens with two attached hydrogens (primary N) is 1. The lowest BCUT2D eigenvalue weighted by Gasteiger charge is -2.19. The van der Waals surface area contributed by atoms with Crippen LogP contribution in [0.25, 0.3) is 0 Å². The molecule has 0 saturated carbocycles. The number of benzene rings is 2. The monoisotopic (exact) mass is 310 g/mol. The molecular weight excluding hydrogens is 284 g/mol. The Labute approximate surface area is 138 Å². The molecule has 23 heavy (non-hydrogen) atoms. The number of amides is 1. The number of aryl methyl sites for hydroxylation is 2. The van der Waals surface area contributed by atoms with Crippen molar-refractivity contribution in [3.05, 3.63) is 70.8 Å². The van der Waals surface area contributed by atoms with Crippen molar-refractivity contribution < 1.29 is 4.79 Å². The van der Waals surface area contributed by atoms with Crippen molar-refractivity contribution in [2.45, 2.75) is 45.7 Å². The standard InChI is InChI=1S/C20H26N2O/c1-14-9-10-18(15(2)11-14)12-16(3)22-20(23)19(21)13-17-7-5-4-6-8-17/h4-11,16,19H,12-13,21H2,1-3H3,(H,22,23)/t16-,19+/m1/s1. The molecule has 0 spiro atoms. The Hall–Kier alpha value is -2.13. The molecule has 0 aromatic heterocycles. The van der Waals surface area contributed by atoms with Crippen molar-refractivity contribution in [2.75, 3.05) is 0 Å². The van der Waals surface area contributed by atoms with E-state index in [1.165, 1.54) is 16.7 Å². The molecule has 1 amide bonds. The number of carbonyl (C=O) groups is 1. The molecule has 3 heteroatoms. The Morgan fingerprint density at radius 3 is 2.43 bits per heavy atom. The summed E-state index contributed by atoms with van der Waals surface area (Å²) in [6, 6.07) is 15.8. The molecule has 0 saturated heterocycles. The minimum absolute atomic E-state index is 0.0609. The first kappa shape index (κ1) is 17.2. The molecule has 3 nitrogen and oxygen atoms in total. The molecule has 2 atom stereocenters. The first-order chi connectivity index (χ1) is 11.0. The van der Waals surface area contributed by atoms with Crippen molar-refractivity contribution in [3.8, 4) is 0 Å². The first-order valence-electron chi connectivity index (χ1n) is 8.11. The molecule has 2 rings (SSSR count). The van der Waals surface area contributed by atoms with E-state index in [1.54, 1.807) is 0 Å². The van der Waals surface area contributed by atoms with Crippen LogP contribution in [0.2, 0.25) is 0 Å². The summed E-state index contributed by atoms with van der Waals surface area (Å²) < 4.78 is 0. The predicted octanol–water partition coefficient (Wildman–Crippen LogP) is 2.92. The van der Waals surface area contributed by atoms with E-state index in [0.717, 1.165) is 12.0 Å². The van der Waals surface area contributed by atoms with E-state index in [9.17, 15) is 4.79 Å². The zero-order valence-electron chi connectivity index (χ0n) is 14.2. The van der Waals surface area contributed by atoms with Gasteiger partial charge in [0, 0.05) is 6.04 Å². The van der Waals surface area contributed by atoms with Crippen molar-refractivity contribution >= 4 is 5.91 Å². The number of hydrogen-bond donors (Lipinski definition) is 2. The van der Waals surface area contributed by atoms with Crippen LogP contribution in [-0.4, -0.2) is 18.0 Å². The molecule has 0 radical (unpaired) electrons. The smallest absolute Gasteiger partial charge is 0.237 e. The second-order valence-electron chi connectivity index (χ2n) is 6.34. The quantitative estimate of drug-likeness (QED) is 0.862. The van der Waals surface area contributed by atoms with Crippen LogP contribution in [-0.2, 0) is 17.6 Å². The van der Waals surface area contributed by atoms with E-state index in [1.807, 2.05) is 37.3 Å². The topological polar surface area (TPSA) is 55.1 Å². The van der Waals surface area contributed by atoms with Crippen LogP contribution in [0, 0.1) is 13.8 Å². The molecule has 2 aromatic rings. The highest BCUT2D eigenvalue weighted by atomic mass is 16.2. The molecule has 122 valence electrons. The van der Waals surface area contributed by atoms with E-state index < -0.39 is 6.04 Å². The first-order valence-corrected chi connectivity index (χ1v) is 8.11. The van der Waals surface area contributed by atoms with E-state index in [0.29, 0.717) is 6.42 Å². The summed E-state index contributed by atoms with van der Waals surface area (Å²) in [6.07, 6.45) is 1.37. The third-order valence-electron chi connectivity index (χ3n) is 4.05. The van der Waals surface area contributed by atoms with Crippen molar-refractivity contribution in [1.82, 2.24) is 5.32 Å². The number of hydrogen-bond acceptors (Lipinski definition) is 2. The SMILES string of the molecule is Cc1ccc(C[C@@H](C)NC(=O)[C@@H](N)Cc2ccccc2)c(C)c1. The number of rotatable bonds is 6. The lowest BCUT2D eigenvalue weighted by molar-refractivity contribution is -0.122. The molecule has 3 N–H and O–H groups in total. The molecule has 0 aliphatic rings. The normalized spacial score (nSPS) is 13.4. The Balaban J connectivity index is 1.88. The molecule has 0 unspecified atom stereocenters. The summed E-state index contributed by atoms with van der Waals surface area (Å²) in [5.74, 6) is -0.0916. The molecule has 0 fully saturated rings. The maximum absolute atomic E-state index is 12.3. The summed E-state index contributed by atoms with van der Waals surface area (Å²) in [7, 11) is 0. The lowest BCUT2D eigenvalue weighted by Crippen LogP contribution is -2.46. The van der Waals surface area contributed by atoms with Gasteiger partial charge in [0.05, 0.1) is 6.04 Å². The van der Waals surface area contributed by atoms with Gasteiger partial charge in [-0.25, -0.2) is 0 Å².